The van der Waals surface area contributed by atoms with E-state index < -0.39 is 0 Å². The average molecular weight is 379 g/mol. The summed E-state index contributed by atoms with van der Waals surface area (Å²) in [5.74, 6) is 0.647. The number of nitrogens with one attached hydrogen (secondary N) is 1. The van der Waals surface area contributed by atoms with Gasteiger partial charge < -0.3 is 14.6 Å². The molecule has 0 aliphatic rings. The average Bonchev–Trinajstić information content (AvgIpc) is 2.57. The minimum atomic E-state index is -0.339. The Hall–Kier alpha value is -2.54. The molecule has 120 valence electrons. The number of phenols is 1. The van der Waals surface area contributed by atoms with Crippen LogP contribution < -0.4 is 14.9 Å². The Morgan fingerprint density at radius 2 is 1.91 bits per heavy atom. The van der Waals surface area contributed by atoms with Gasteiger partial charge in [-0.1, -0.05) is 0 Å². The Morgan fingerprint density at radius 3 is 2.52 bits per heavy atom. The van der Waals surface area contributed by atoms with Crippen LogP contribution in [0.15, 0.2) is 46.0 Å². The third-order valence-corrected chi connectivity index (χ3v) is 3.61. The van der Waals surface area contributed by atoms with Gasteiger partial charge >= 0.3 is 0 Å². The lowest BCUT2D eigenvalue weighted by molar-refractivity contribution is 0.0955. The molecule has 0 unspecified atom stereocenters. The number of hydrogen-bond donors (Lipinski definition) is 2. The predicted molar refractivity (Wildman–Crippen MR) is 90.4 cm³/mol. The Labute approximate surface area is 141 Å². The van der Waals surface area contributed by atoms with Gasteiger partial charge in [-0.2, -0.15) is 5.10 Å². The fourth-order valence-corrected chi connectivity index (χ4v) is 2.26. The van der Waals surface area contributed by atoms with Crippen LogP contribution in [0.25, 0.3) is 0 Å². The van der Waals surface area contributed by atoms with E-state index in [2.05, 4.69) is 26.5 Å². The SMILES string of the molecule is COc1ccc(C(=O)NN=Cc2cc(Br)c(O)c(OC)c2)cc1. The number of aromatic hydroxyl groups is 1. The van der Waals surface area contributed by atoms with Crippen LogP contribution in [0.1, 0.15) is 15.9 Å². The Kier molecular flexibility index (Phi) is 5.59. The highest BCUT2D eigenvalue weighted by Crippen LogP contribution is 2.34. The molecule has 0 heterocycles. The first-order valence-corrected chi connectivity index (χ1v) is 7.38. The molecule has 2 aromatic rings. The molecule has 1 amide bonds. The van der Waals surface area contributed by atoms with Crippen molar-refractivity contribution in [3.05, 3.63) is 52.0 Å². The lowest BCUT2D eigenvalue weighted by atomic mass is 10.2. The van der Waals surface area contributed by atoms with Crippen molar-refractivity contribution in [3.8, 4) is 17.2 Å². The van der Waals surface area contributed by atoms with Gasteiger partial charge in [0, 0.05) is 5.56 Å². The number of carbonyl (C=O) groups excluding carboxylic acids is 1. The molecule has 0 atom stereocenters. The van der Waals surface area contributed by atoms with Gasteiger partial charge in [0.25, 0.3) is 5.91 Å². The summed E-state index contributed by atoms with van der Waals surface area (Å²) in [6, 6.07) is 9.93. The molecular weight excluding hydrogens is 364 g/mol. The molecule has 0 saturated carbocycles. The molecule has 6 nitrogen and oxygen atoms in total. The maximum atomic E-state index is 11.9. The third kappa shape index (κ3) is 4.23. The Morgan fingerprint density at radius 1 is 1.22 bits per heavy atom. The standard InChI is InChI=1S/C16H15BrN2O4/c1-22-12-5-3-11(4-6-12)16(21)19-18-9-10-7-13(17)15(20)14(8-10)23-2/h3-9,20H,1-2H3,(H,19,21). The molecule has 23 heavy (non-hydrogen) atoms. The molecule has 0 aliphatic heterocycles. The van der Waals surface area contributed by atoms with Crippen molar-refractivity contribution in [2.24, 2.45) is 5.10 Å². The van der Waals surface area contributed by atoms with Crippen LogP contribution in [-0.2, 0) is 0 Å². The smallest absolute Gasteiger partial charge is 0.271 e. The summed E-state index contributed by atoms with van der Waals surface area (Å²) in [5.41, 5.74) is 3.55. The van der Waals surface area contributed by atoms with Crippen LogP contribution in [0.2, 0.25) is 0 Å². The number of ether oxygens (including phenoxy) is 2. The number of methoxy groups -OCH3 is 2. The second-order valence-electron chi connectivity index (χ2n) is 4.48. The van der Waals surface area contributed by atoms with Gasteiger partial charge in [-0.3, -0.25) is 4.79 Å². The van der Waals surface area contributed by atoms with Gasteiger partial charge in [0.1, 0.15) is 5.75 Å². The zero-order valence-electron chi connectivity index (χ0n) is 12.5. The quantitative estimate of drug-likeness (QED) is 0.619. The van der Waals surface area contributed by atoms with Gasteiger partial charge in [0.05, 0.1) is 24.9 Å². The van der Waals surface area contributed by atoms with Gasteiger partial charge in [0.2, 0.25) is 0 Å². The van der Waals surface area contributed by atoms with E-state index in [1.807, 2.05) is 0 Å². The minimum absolute atomic E-state index is 0.00641. The molecule has 0 fully saturated rings. The Bertz CT molecular complexity index is 730. The lowest BCUT2D eigenvalue weighted by Crippen LogP contribution is -2.17. The van der Waals surface area contributed by atoms with E-state index >= 15 is 0 Å². The van der Waals surface area contributed by atoms with Crippen molar-refractivity contribution >= 4 is 28.1 Å². The van der Waals surface area contributed by atoms with E-state index in [9.17, 15) is 9.90 Å². The van der Waals surface area contributed by atoms with Crippen LogP contribution in [-0.4, -0.2) is 31.4 Å². The van der Waals surface area contributed by atoms with Crippen molar-refractivity contribution in [2.75, 3.05) is 14.2 Å². The number of benzene rings is 2. The summed E-state index contributed by atoms with van der Waals surface area (Å²) < 4.78 is 10.5. The fraction of sp³-hybridized carbons (Fsp3) is 0.125. The van der Waals surface area contributed by atoms with E-state index in [-0.39, 0.29) is 11.7 Å². The van der Waals surface area contributed by atoms with Gasteiger partial charge in [-0.25, -0.2) is 5.43 Å². The highest BCUT2D eigenvalue weighted by atomic mass is 79.9. The fourth-order valence-electron chi connectivity index (χ4n) is 1.80. The minimum Gasteiger partial charge on any atom is -0.503 e. The molecule has 7 heteroatoms. The van der Waals surface area contributed by atoms with E-state index in [0.29, 0.717) is 27.1 Å². The van der Waals surface area contributed by atoms with Gasteiger partial charge in [0.15, 0.2) is 11.5 Å². The Balaban J connectivity index is 2.06. The van der Waals surface area contributed by atoms with E-state index in [1.165, 1.54) is 13.3 Å². The molecule has 0 saturated heterocycles. The molecule has 0 aromatic heterocycles. The number of rotatable bonds is 5. The zero-order chi connectivity index (χ0) is 16.8. The number of carbonyl (C=O) groups is 1. The molecule has 0 radical (unpaired) electrons. The van der Waals surface area contributed by atoms with Crippen molar-refractivity contribution < 1.29 is 19.4 Å². The molecule has 0 bridgehead atoms. The highest BCUT2D eigenvalue weighted by molar-refractivity contribution is 9.10. The maximum absolute atomic E-state index is 11.9. The summed E-state index contributed by atoms with van der Waals surface area (Å²) in [6.45, 7) is 0. The van der Waals surface area contributed by atoms with Crippen LogP contribution in [0, 0.1) is 0 Å². The molecule has 2 rings (SSSR count). The maximum Gasteiger partial charge on any atom is 0.271 e. The van der Waals surface area contributed by atoms with Crippen molar-refractivity contribution in [1.29, 1.82) is 0 Å². The second-order valence-corrected chi connectivity index (χ2v) is 5.34. The highest BCUT2D eigenvalue weighted by Gasteiger charge is 2.08. The molecule has 0 aliphatic carbocycles. The van der Waals surface area contributed by atoms with Gasteiger partial charge in [-0.15, -0.1) is 0 Å². The van der Waals surface area contributed by atoms with E-state index in [1.54, 1.807) is 43.5 Å². The van der Waals surface area contributed by atoms with Crippen molar-refractivity contribution in [3.63, 3.8) is 0 Å². The van der Waals surface area contributed by atoms with E-state index in [0.717, 1.165) is 0 Å². The monoisotopic (exact) mass is 378 g/mol. The summed E-state index contributed by atoms with van der Waals surface area (Å²) in [7, 11) is 3.01. The number of phenolic OH excluding ortho intramolecular Hbond substituents is 1. The second kappa shape index (κ2) is 7.64. The van der Waals surface area contributed by atoms with Crippen molar-refractivity contribution in [2.45, 2.75) is 0 Å². The molecular formula is C16H15BrN2O4. The zero-order valence-corrected chi connectivity index (χ0v) is 14.1. The molecule has 2 aromatic carbocycles. The lowest BCUT2D eigenvalue weighted by Gasteiger charge is -2.06. The summed E-state index contributed by atoms with van der Waals surface area (Å²) in [5, 5.41) is 13.6. The van der Waals surface area contributed by atoms with Gasteiger partial charge in [-0.05, 0) is 57.9 Å². The predicted octanol–water partition coefficient (Wildman–Crippen LogP) is 2.94. The van der Waals surface area contributed by atoms with Crippen LogP contribution >= 0.6 is 15.9 Å². The van der Waals surface area contributed by atoms with Crippen LogP contribution in [0.3, 0.4) is 0 Å². The number of halogens is 1. The first-order valence-electron chi connectivity index (χ1n) is 6.59. The number of amides is 1. The summed E-state index contributed by atoms with van der Waals surface area (Å²) in [6.07, 6.45) is 1.45. The van der Waals surface area contributed by atoms with Crippen molar-refractivity contribution in [1.82, 2.24) is 5.43 Å². The number of hydrazone groups is 1. The largest absolute Gasteiger partial charge is 0.503 e. The number of nitrogens with zero attached hydrogens (tertiary/aromatic N) is 1. The summed E-state index contributed by atoms with van der Waals surface area (Å²) in [4.78, 5) is 11.9. The molecule has 2 N–H and O–H groups in total. The summed E-state index contributed by atoms with van der Waals surface area (Å²) >= 11 is 3.22. The van der Waals surface area contributed by atoms with Crippen LogP contribution in [0.4, 0.5) is 0 Å². The number of hydrogen-bond acceptors (Lipinski definition) is 5. The third-order valence-electron chi connectivity index (χ3n) is 3.00. The normalized spacial score (nSPS) is 10.6. The van der Waals surface area contributed by atoms with Crippen LogP contribution in [0.5, 0.6) is 17.2 Å². The topological polar surface area (TPSA) is 80.2 Å². The first-order chi connectivity index (χ1) is 11.0. The first kappa shape index (κ1) is 16.8. The molecule has 0 spiro atoms. The van der Waals surface area contributed by atoms with E-state index in [4.69, 9.17) is 9.47 Å².